The minimum Gasteiger partial charge on any atom is -0.388 e. The van der Waals surface area contributed by atoms with Gasteiger partial charge in [-0.25, -0.2) is 4.98 Å². The maximum absolute atomic E-state index is 7.38. The van der Waals surface area contributed by atoms with Crippen LogP contribution in [0.4, 0.5) is 5.82 Å². The summed E-state index contributed by atoms with van der Waals surface area (Å²) in [5.41, 5.74) is 6.43. The molecule has 3 N–H and O–H groups in total. The highest BCUT2D eigenvalue weighted by Gasteiger charge is 2.30. The molecule has 0 atom stereocenters. The van der Waals surface area contributed by atoms with Gasteiger partial charge in [0.05, 0.1) is 5.84 Å². The highest BCUT2D eigenvalue weighted by atomic mass is 15.3. The molecule has 0 unspecified atom stereocenters. The predicted molar refractivity (Wildman–Crippen MR) is 72.1 cm³/mol. The molecule has 2 heterocycles. The molecule has 2 aromatic rings. The lowest BCUT2D eigenvalue weighted by atomic mass is 10.3. The van der Waals surface area contributed by atoms with Gasteiger partial charge < -0.3 is 10.6 Å². The third kappa shape index (κ3) is 2.03. The number of nitrogens with two attached hydrogens (primary N) is 1. The van der Waals surface area contributed by atoms with Crippen molar-refractivity contribution in [2.75, 3.05) is 11.4 Å². The number of hydrogen-bond acceptors (Lipinski definition) is 3. The average Bonchev–Trinajstić information content (AvgIpc) is 3.06. The molecule has 1 fully saturated rings. The van der Waals surface area contributed by atoms with Gasteiger partial charge in [0.15, 0.2) is 0 Å². The largest absolute Gasteiger partial charge is 0.388 e. The molecule has 0 spiro atoms. The molecule has 5 heteroatoms. The van der Waals surface area contributed by atoms with Crippen molar-refractivity contribution < 1.29 is 0 Å². The molecular formula is C13H17N5. The molecular weight excluding hydrogens is 226 g/mol. The lowest BCUT2D eigenvalue weighted by Gasteiger charge is -2.25. The first-order chi connectivity index (χ1) is 8.75. The van der Waals surface area contributed by atoms with E-state index in [9.17, 15) is 0 Å². The third-order valence-electron chi connectivity index (χ3n) is 3.31. The highest BCUT2D eigenvalue weighted by Crippen LogP contribution is 2.31. The number of anilines is 1. The normalized spacial score (nSPS) is 14.9. The van der Waals surface area contributed by atoms with Gasteiger partial charge in [0, 0.05) is 31.4 Å². The van der Waals surface area contributed by atoms with Gasteiger partial charge in [-0.3, -0.25) is 9.81 Å². The molecule has 0 aromatic carbocycles. The first-order valence-electron chi connectivity index (χ1n) is 6.27. The zero-order chi connectivity index (χ0) is 12.5. The van der Waals surface area contributed by atoms with Crippen molar-refractivity contribution in [2.45, 2.75) is 25.3 Å². The van der Waals surface area contributed by atoms with E-state index >= 15 is 0 Å². The first kappa shape index (κ1) is 11.1. The fraction of sp³-hybridized carbons (Fsp3) is 0.385. The molecule has 2 aromatic heterocycles. The number of rotatable bonds is 5. The summed E-state index contributed by atoms with van der Waals surface area (Å²) in [5.74, 6) is 1.40. The van der Waals surface area contributed by atoms with Gasteiger partial charge >= 0.3 is 0 Å². The number of imidazole rings is 1. The summed E-state index contributed by atoms with van der Waals surface area (Å²) in [4.78, 5) is 6.65. The molecule has 0 amide bonds. The smallest absolute Gasteiger partial charge is 0.138 e. The van der Waals surface area contributed by atoms with Crippen molar-refractivity contribution in [3.63, 3.8) is 0 Å². The van der Waals surface area contributed by atoms with Gasteiger partial charge in [0.1, 0.15) is 11.5 Å². The fourth-order valence-electron chi connectivity index (χ4n) is 2.28. The summed E-state index contributed by atoms with van der Waals surface area (Å²) >= 11 is 0. The van der Waals surface area contributed by atoms with E-state index in [4.69, 9.17) is 11.1 Å². The van der Waals surface area contributed by atoms with Crippen molar-refractivity contribution in [3.05, 3.63) is 30.6 Å². The summed E-state index contributed by atoms with van der Waals surface area (Å²) in [6.07, 6.45) is 6.86. The number of pyridine rings is 1. The Hall–Kier alpha value is -2.04. The van der Waals surface area contributed by atoms with Crippen LogP contribution in [0.2, 0.25) is 0 Å². The minimum atomic E-state index is 0.249. The molecule has 18 heavy (non-hydrogen) atoms. The molecule has 1 aliphatic carbocycles. The number of fused-ring (bicyclic) bond motifs is 1. The number of hydrogen-bond donors (Lipinski definition) is 2. The van der Waals surface area contributed by atoms with Gasteiger partial charge in [-0.05, 0) is 25.0 Å². The average molecular weight is 243 g/mol. The number of nitrogens with zero attached hydrogens (tertiary/aromatic N) is 3. The van der Waals surface area contributed by atoms with Crippen LogP contribution in [-0.2, 0) is 0 Å². The van der Waals surface area contributed by atoms with Gasteiger partial charge in [0.2, 0.25) is 0 Å². The Bertz CT molecular complexity index is 570. The van der Waals surface area contributed by atoms with Crippen LogP contribution in [0.25, 0.3) is 5.65 Å². The number of nitrogens with one attached hydrogen (secondary N) is 1. The molecule has 1 aliphatic rings. The van der Waals surface area contributed by atoms with E-state index in [1.165, 1.54) is 12.8 Å². The van der Waals surface area contributed by atoms with Crippen LogP contribution < -0.4 is 10.6 Å². The van der Waals surface area contributed by atoms with Gasteiger partial charge in [-0.1, -0.05) is 6.07 Å². The van der Waals surface area contributed by atoms with Gasteiger partial charge in [-0.2, -0.15) is 0 Å². The summed E-state index contributed by atoms with van der Waals surface area (Å²) in [7, 11) is 0. The second-order valence-corrected chi connectivity index (χ2v) is 4.74. The van der Waals surface area contributed by atoms with Crippen LogP contribution in [0.1, 0.15) is 19.3 Å². The summed E-state index contributed by atoms with van der Waals surface area (Å²) in [6.45, 7) is 0.803. The molecule has 0 bridgehead atoms. The number of aromatic nitrogens is 2. The van der Waals surface area contributed by atoms with E-state index in [0.717, 1.165) is 18.0 Å². The highest BCUT2D eigenvalue weighted by molar-refractivity contribution is 5.77. The monoisotopic (exact) mass is 243 g/mol. The standard InChI is InChI=1S/C13H17N5/c14-11(15)6-8-17(10-4-5-10)13-3-1-2-12-16-7-9-18(12)13/h1-3,7,9-10H,4-6,8H2,(H3,14,15). The van der Waals surface area contributed by atoms with Crippen LogP contribution in [0.15, 0.2) is 30.6 Å². The maximum atomic E-state index is 7.38. The third-order valence-corrected chi connectivity index (χ3v) is 3.31. The van der Waals surface area contributed by atoms with Crippen molar-refractivity contribution in [1.29, 1.82) is 5.41 Å². The van der Waals surface area contributed by atoms with Crippen molar-refractivity contribution >= 4 is 17.3 Å². The fourth-order valence-corrected chi connectivity index (χ4v) is 2.28. The minimum absolute atomic E-state index is 0.249. The van der Waals surface area contributed by atoms with Crippen LogP contribution in [-0.4, -0.2) is 27.8 Å². The Balaban J connectivity index is 1.93. The Kier molecular flexibility index (Phi) is 2.66. The lowest BCUT2D eigenvalue weighted by Crippen LogP contribution is -2.31. The Morgan fingerprint density at radius 2 is 2.33 bits per heavy atom. The Morgan fingerprint density at radius 3 is 3.06 bits per heavy atom. The number of amidine groups is 1. The molecule has 0 aliphatic heterocycles. The van der Waals surface area contributed by atoms with Crippen molar-refractivity contribution in [3.8, 4) is 0 Å². The topological polar surface area (TPSA) is 70.4 Å². The summed E-state index contributed by atoms with van der Waals surface area (Å²) < 4.78 is 2.10. The van der Waals surface area contributed by atoms with Gasteiger partial charge in [0.25, 0.3) is 0 Å². The SMILES string of the molecule is N=C(N)CCN(c1cccc2nccn12)C1CC1. The van der Waals surface area contributed by atoms with Gasteiger partial charge in [-0.15, -0.1) is 0 Å². The second-order valence-electron chi connectivity index (χ2n) is 4.74. The molecule has 3 rings (SSSR count). The van der Waals surface area contributed by atoms with E-state index in [0.29, 0.717) is 12.5 Å². The molecule has 5 nitrogen and oxygen atoms in total. The first-order valence-corrected chi connectivity index (χ1v) is 6.27. The van der Waals surface area contributed by atoms with E-state index in [1.54, 1.807) is 0 Å². The summed E-state index contributed by atoms with van der Waals surface area (Å²) in [5, 5.41) is 7.38. The zero-order valence-electron chi connectivity index (χ0n) is 10.2. The van der Waals surface area contributed by atoms with Crippen molar-refractivity contribution in [2.24, 2.45) is 5.73 Å². The van der Waals surface area contributed by atoms with Crippen LogP contribution >= 0.6 is 0 Å². The maximum Gasteiger partial charge on any atom is 0.138 e. The van der Waals surface area contributed by atoms with Crippen LogP contribution in [0, 0.1) is 5.41 Å². The van der Waals surface area contributed by atoms with E-state index < -0.39 is 0 Å². The molecule has 0 saturated heterocycles. The van der Waals surface area contributed by atoms with Crippen LogP contribution in [0.3, 0.4) is 0 Å². The molecule has 0 radical (unpaired) electrons. The Morgan fingerprint density at radius 1 is 1.50 bits per heavy atom. The molecule has 1 saturated carbocycles. The lowest BCUT2D eigenvalue weighted by molar-refractivity contribution is 0.774. The zero-order valence-corrected chi connectivity index (χ0v) is 10.2. The predicted octanol–water partition coefficient (Wildman–Crippen LogP) is 1.63. The Labute approximate surface area is 106 Å². The van der Waals surface area contributed by atoms with Crippen molar-refractivity contribution in [1.82, 2.24) is 9.38 Å². The van der Waals surface area contributed by atoms with E-state index in [1.807, 2.05) is 24.5 Å². The van der Waals surface area contributed by atoms with E-state index in [2.05, 4.69) is 20.4 Å². The molecule has 94 valence electrons. The van der Waals surface area contributed by atoms with Crippen LogP contribution in [0.5, 0.6) is 0 Å². The summed E-state index contributed by atoms with van der Waals surface area (Å²) in [6, 6.07) is 6.73. The quantitative estimate of drug-likeness (QED) is 0.619. The van der Waals surface area contributed by atoms with E-state index in [-0.39, 0.29) is 5.84 Å². The second kappa shape index (κ2) is 4.33.